The summed E-state index contributed by atoms with van der Waals surface area (Å²) in [5.41, 5.74) is 1.58. The molecule has 1 amide bonds. The summed E-state index contributed by atoms with van der Waals surface area (Å²) in [4.78, 5) is 40.4. The molecule has 1 atom stereocenters. The fourth-order valence-electron chi connectivity index (χ4n) is 2.92. The standard InChI is InChI=1S/C23H22ClN3O6/c1-31-23(30)18(13-15-5-3-2-4-6-15)25-19(28)14-32-21(29)12-11-20-26-22(27-33-20)16-7-9-17(24)10-8-16/h2-10,18H,11-14H2,1H3,(H,25,28). The molecule has 0 radical (unpaired) electrons. The number of amides is 1. The average molecular weight is 472 g/mol. The number of hydrogen-bond acceptors (Lipinski definition) is 8. The Morgan fingerprint density at radius 2 is 1.82 bits per heavy atom. The first-order valence-electron chi connectivity index (χ1n) is 10.1. The van der Waals surface area contributed by atoms with E-state index in [1.54, 1.807) is 24.3 Å². The molecule has 0 aliphatic heterocycles. The number of benzene rings is 2. The Morgan fingerprint density at radius 3 is 2.52 bits per heavy atom. The highest BCUT2D eigenvalue weighted by atomic mass is 35.5. The monoisotopic (exact) mass is 471 g/mol. The number of esters is 2. The van der Waals surface area contributed by atoms with E-state index in [0.717, 1.165) is 11.1 Å². The van der Waals surface area contributed by atoms with Crippen molar-refractivity contribution in [3.63, 3.8) is 0 Å². The molecule has 0 bridgehead atoms. The number of rotatable bonds is 10. The van der Waals surface area contributed by atoms with Gasteiger partial charge in [-0.2, -0.15) is 4.98 Å². The summed E-state index contributed by atoms with van der Waals surface area (Å²) < 4.78 is 14.9. The van der Waals surface area contributed by atoms with Crippen LogP contribution in [0.5, 0.6) is 0 Å². The van der Waals surface area contributed by atoms with Gasteiger partial charge in [0.25, 0.3) is 5.91 Å². The number of aromatic nitrogens is 2. The molecular formula is C23H22ClN3O6. The predicted molar refractivity (Wildman–Crippen MR) is 118 cm³/mol. The van der Waals surface area contributed by atoms with Crippen LogP contribution in [0.1, 0.15) is 17.9 Å². The Morgan fingerprint density at radius 1 is 1.09 bits per heavy atom. The van der Waals surface area contributed by atoms with Crippen LogP contribution < -0.4 is 5.32 Å². The van der Waals surface area contributed by atoms with Crippen molar-refractivity contribution in [1.29, 1.82) is 0 Å². The Bertz CT molecular complexity index is 1090. The van der Waals surface area contributed by atoms with Crippen molar-refractivity contribution >= 4 is 29.4 Å². The topological polar surface area (TPSA) is 121 Å². The van der Waals surface area contributed by atoms with Crippen LogP contribution in [0.2, 0.25) is 5.02 Å². The van der Waals surface area contributed by atoms with Crippen molar-refractivity contribution in [3.05, 3.63) is 71.1 Å². The van der Waals surface area contributed by atoms with Gasteiger partial charge in [0.1, 0.15) is 6.04 Å². The van der Waals surface area contributed by atoms with Crippen molar-refractivity contribution in [2.24, 2.45) is 0 Å². The number of hydrogen-bond donors (Lipinski definition) is 1. The first-order valence-corrected chi connectivity index (χ1v) is 10.5. The number of methoxy groups -OCH3 is 1. The summed E-state index contributed by atoms with van der Waals surface area (Å²) in [6.07, 6.45) is 0.347. The molecule has 9 nitrogen and oxygen atoms in total. The molecule has 3 rings (SSSR count). The van der Waals surface area contributed by atoms with Gasteiger partial charge in [-0.1, -0.05) is 47.1 Å². The van der Waals surface area contributed by atoms with E-state index in [-0.39, 0.29) is 25.2 Å². The molecule has 33 heavy (non-hydrogen) atoms. The highest BCUT2D eigenvalue weighted by molar-refractivity contribution is 6.30. The summed E-state index contributed by atoms with van der Waals surface area (Å²) in [6, 6.07) is 15.2. The summed E-state index contributed by atoms with van der Waals surface area (Å²) in [6.45, 7) is -0.527. The lowest BCUT2D eigenvalue weighted by molar-refractivity contribution is -0.150. The quantitative estimate of drug-likeness (QED) is 0.448. The fourth-order valence-corrected chi connectivity index (χ4v) is 3.05. The largest absolute Gasteiger partial charge is 0.467 e. The highest BCUT2D eigenvalue weighted by Gasteiger charge is 2.22. The van der Waals surface area contributed by atoms with Crippen LogP contribution in [0.4, 0.5) is 0 Å². The smallest absolute Gasteiger partial charge is 0.328 e. The molecule has 3 aromatic rings. The zero-order valence-electron chi connectivity index (χ0n) is 17.8. The van der Waals surface area contributed by atoms with Crippen LogP contribution >= 0.6 is 11.6 Å². The zero-order valence-corrected chi connectivity index (χ0v) is 18.6. The van der Waals surface area contributed by atoms with Crippen LogP contribution in [-0.4, -0.2) is 47.7 Å². The molecular weight excluding hydrogens is 450 g/mol. The fraction of sp³-hybridized carbons (Fsp3) is 0.261. The van der Waals surface area contributed by atoms with Crippen LogP contribution in [0.3, 0.4) is 0 Å². The predicted octanol–water partition coefficient (Wildman–Crippen LogP) is 2.77. The number of aryl methyl sites for hydroxylation is 1. The van der Waals surface area contributed by atoms with Crippen LogP contribution in [0, 0.1) is 0 Å². The Kier molecular flexibility index (Phi) is 8.54. The van der Waals surface area contributed by atoms with Crippen LogP contribution in [-0.2, 0) is 36.7 Å². The van der Waals surface area contributed by atoms with Crippen molar-refractivity contribution in [1.82, 2.24) is 15.5 Å². The number of halogens is 1. The zero-order chi connectivity index (χ0) is 23.6. The van der Waals surface area contributed by atoms with Crippen molar-refractivity contribution in [2.45, 2.75) is 25.3 Å². The SMILES string of the molecule is COC(=O)C(Cc1ccccc1)NC(=O)COC(=O)CCc1nc(-c2ccc(Cl)cc2)no1. The first kappa shape index (κ1) is 23.9. The number of carbonyl (C=O) groups excluding carboxylic acids is 3. The summed E-state index contributed by atoms with van der Waals surface area (Å²) in [5.74, 6) is -1.19. The lowest BCUT2D eigenvalue weighted by atomic mass is 10.1. The Hall–Kier alpha value is -3.72. The molecule has 1 heterocycles. The van der Waals surface area contributed by atoms with Crippen molar-refractivity contribution in [3.8, 4) is 11.4 Å². The molecule has 2 aromatic carbocycles. The van der Waals surface area contributed by atoms with Gasteiger partial charge in [0.2, 0.25) is 11.7 Å². The lowest BCUT2D eigenvalue weighted by Gasteiger charge is -2.16. The highest BCUT2D eigenvalue weighted by Crippen LogP contribution is 2.19. The molecule has 1 N–H and O–H groups in total. The molecule has 1 unspecified atom stereocenters. The number of ether oxygens (including phenoxy) is 2. The van der Waals surface area contributed by atoms with Gasteiger partial charge < -0.3 is 19.3 Å². The molecule has 0 saturated heterocycles. The molecule has 1 aromatic heterocycles. The lowest BCUT2D eigenvalue weighted by Crippen LogP contribution is -2.44. The molecule has 0 fully saturated rings. The van der Waals surface area contributed by atoms with Crippen molar-refractivity contribution in [2.75, 3.05) is 13.7 Å². The molecule has 0 spiro atoms. The summed E-state index contributed by atoms with van der Waals surface area (Å²) in [7, 11) is 1.24. The van der Waals surface area contributed by atoms with E-state index in [4.69, 9.17) is 25.6 Å². The van der Waals surface area contributed by atoms with Gasteiger partial charge in [0, 0.05) is 23.4 Å². The summed E-state index contributed by atoms with van der Waals surface area (Å²) in [5, 5.41) is 6.99. The summed E-state index contributed by atoms with van der Waals surface area (Å²) >= 11 is 5.86. The second kappa shape index (κ2) is 11.8. The van der Waals surface area contributed by atoms with E-state index in [2.05, 4.69) is 15.5 Å². The first-order chi connectivity index (χ1) is 15.9. The number of carbonyl (C=O) groups is 3. The van der Waals surface area contributed by atoms with E-state index in [1.165, 1.54) is 7.11 Å². The third kappa shape index (κ3) is 7.43. The van der Waals surface area contributed by atoms with E-state index in [1.807, 2.05) is 30.3 Å². The molecule has 0 aliphatic rings. The van der Waals surface area contributed by atoms with E-state index in [9.17, 15) is 14.4 Å². The van der Waals surface area contributed by atoms with Gasteiger partial charge >= 0.3 is 11.9 Å². The molecule has 172 valence electrons. The maximum atomic E-state index is 12.2. The van der Waals surface area contributed by atoms with Gasteiger partial charge in [-0.05, 0) is 29.8 Å². The Labute approximate surface area is 195 Å². The van der Waals surface area contributed by atoms with E-state index >= 15 is 0 Å². The van der Waals surface area contributed by atoms with Crippen molar-refractivity contribution < 1.29 is 28.4 Å². The third-order valence-corrected chi connectivity index (χ3v) is 4.83. The molecule has 0 aliphatic carbocycles. The molecule has 0 saturated carbocycles. The second-order valence-corrected chi connectivity index (χ2v) is 7.45. The maximum absolute atomic E-state index is 12.2. The number of nitrogens with zero attached hydrogens (tertiary/aromatic N) is 2. The Balaban J connectivity index is 1.44. The third-order valence-electron chi connectivity index (χ3n) is 4.58. The molecule has 10 heteroatoms. The van der Waals surface area contributed by atoms with Crippen LogP contribution in [0.15, 0.2) is 59.1 Å². The van der Waals surface area contributed by atoms with Gasteiger partial charge in [0.15, 0.2) is 6.61 Å². The van der Waals surface area contributed by atoms with Gasteiger partial charge in [-0.25, -0.2) is 4.79 Å². The minimum atomic E-state index is -0.895. The minimum absolute atomic E-state index is 0.0556. The minimum Gasteiger partial charge on any atom is -0.467 e. The maximum Gasteiger partial charge on any atom is 0.328 e. The van der Waals surface area contributed by atoms with Gasteiger partial charge in [-0.3, -0.25) is 9.59 Å². The normalized spacial score (nSPS) is 11.5. The van der Waals surface area contributed by atoms with Crippen LogP contribution in [0.25, 0.3) is 11.4 Å². The average Bonchev–Trinajstić information content (AvgIpc) is 3.30. The van der Waals surface area contributed by atoms with Gasteiger partial charge in [-0.15, -0.1) is 0 Å². The van der Waals surface area contributed by atoms with E-state index < -0.39 is 30.5 Å². The van der Waals surface area contributed by atoms with E-state index in [0.29, 0.717) is 10.8 Å². The second-order valence-electron chi connectivity index (χ2n) is 7.01. The van der Waals surface area contributed by atoms with Gasteiger partial charge in [0.05, 0.1) is 13.5 Å². The number of nitrogens with one attached hydrogen (secondary N) is 1.